The van der Waals surface area contributed by atoms with Crippen LogP contribution in [0, 0.1) is 5.92 Å². The molecule has 134 valence electrons. The predicted molar refractivity (Wildman–Crippen MR) is 104 cm³/mol. The molecule has 3 atom stereocenters. The van der Waals surface area contributed by atoms with Crippen LogP contribution in [0.3, 0.4) is 0 Å². The van der Waals surface area contributed by atoms with Gasteiger partial charge in [0.25, 0.3) is 0 Å². The van der Waals surface area contributed by atoms with E-state index in [1.807, 2.05) is 13.8 Å². The molecule has 6 nitrogen and oxygen atoms in total. The number of aliphatic imine (C=N–C) groups is 2. The van der Waals surface area contributed by atoms with Gasteiger partial charge in [0.2, 0.25) is 0 Å². The van der Waals surface area contributed by atoms with Crippen LogP contribution < -0.4 is 22.1 Å². The van der Waals surface area contributed by atoms with Crippen molar-refractivity contribution in [2.75, 3.05) is 6.54 Å². The molecule has 1 rings (SSSR count). The van der Waals surface area contributed by atoms with Gasteiger partial charge < -0.3 is 22.1 Å². The van der Waals surface area contributed by atoms with Crippen LogP contribution in [-0.2, 0) is 0 Å². The summed E-state index contributed by atoms with van der Waals surface area (Å²) in [7, 11) is 0. The summed E-state index contributed by atoms with van der Waals surface area (Å²) in [5, 5.41) is 6.74. The van der Waals surface area contributed by atoms with Crippen molar-refractivity contribution in [1.29, 1.82) is 0 Å². The second kappa shape index (κ2) is 8.68. The first-order valence-corrected chi connectivity index (χ1v) is 8.29. The number of nitrogens with one attached hydrogen (secondary N) is 2. The van der Waals surface area contributed by atoms with Crippen LogP contribution in [0.15, 0.2) is 46.8 Å². The molecular formula is C18H32N6. The highest BCUT2D eigenvalue weighted by Gasteiger charge is 2.23. The van der Waals surface area contributed by atoms with Crippen molar-refractivity contribution >= 4 is 11.5 Å². The Balaban J connectivity index is 2.80. The Hall–Kier alpha value is -2.08. The minimum Gasteiger partial charge on any atom is -0.402 e. The maximum Gasteiger partial charge on any atom is 0.140 e. The number of nitrogens with zero attached hydrogens (tertiary/aromatic N) is 2. The van der Waals surface area contributed by atoms with Gasteiger partial charge >= 0.3 is 0 Å². The minimum atomic E-state index is -0.181. The summed E-state index contributed by atoms with van der Waals surface area (Å²) in [6.07, 6.45) is 0.556. The zero-order valence-electron chi connectivity index (χ0n) is 15.4. The third-order valence-electron chi connectivity index (χ3n) is 3.81. The molecule has 3 unspecified atom stereocenters. The van der Waals surface area contributed by atoms with Crippen LogP contribution in [0.1, 0.15) is 34.1 Å². The lowest BCUT2D eigenvalue weighted by Gasteiger charge is -2.28. The minimum absolute atomic E-state index is 0.111. The molecule has 0 radical (unpaired) electrons. The molecule has 6 N–H and O–H groups in total. The Morgan fingerprint density at radius 3 is 2.25 bits per heavy atom. The third kappa shape index (κ3) is 5.85. The molecule has 0 aromatic heterocycles. The first-order chi connectivity index (χ1) is 11.1. The smallest absolute Gasteiger partial charge is 0.140 e. The summed E-state index contributed by atoms with van der Waals surface area (Å²) in [5.41, 5.74) is 14.2. The molecule has 0 amide bonds. The van der Waals surface area contributed by atoms with Gasteiger partial charge in [0, 0.05) is 12.1 Å². The molecule has 1 heterocycles. The van der Waals surface area contributed by atoms with E-state index in [1.54, 1.807) is 0 Å². The zero-order valence-corrected chi connectivity index (χ0v) is 15.4. The monoisotopic (exact) mass is 332 g/mol. The van der Waals surface area contributed by atoms with Gasteiger partial charge in [-0.05, 0) is 19.8 Å². The molecule has 0 aromatic carbocycles. The summed E-state index contributed by atoms with van der Waals surface area (Å²) in [6, 6.07) is -0.146. The van der Waals surface area contributed by atoms with Gasteiger partial charge in [-0.3, -0.25) is 4.99 Å². The van der Waals surface area contributed by atoms with Crippen LogP contribution in [0.5, 0.6) is 0 Å². The molecule has 1 aliphatic rings. The third-order valence-corrected chi connectivity index (χ3v) is 3.81. The fourth-order valence-corrected chi connectivity index (χ4v) is 2.63. The van der Waals surface area contributed by atoms with Crippen LogP contribution in [0.4, 0.5) is 0 Å². The molecule has 0 aromatic rings. The van der Waals surface area contributed by atoms with Gasteiger partial charge in [-0.1, -0.05) is 39.2 Å². The normalized spacial score (nSPS) is 17.6. The van der Waals surface area contributed by atoms with Gasteiger partial charge in [-0.2, -0.15) is 0 Å². The lowest BCUT2D eigenvalue weighted by Crippen LogP contribution is -2.45. The molecule has 0 saturated heterocycles. The molecule has 0 bridgehead atoms. The highest BCUT2D eigenvalue weighted by molar-refractivity contribution is 6.08. The van der Waals surface area contributed by atoms with Crippen LogP contribution in [0.2, 0.25) is 0 Å². The van der Waals surface area contributed by atoms with Crippen molar-refractivity contribution in [3.05, 3.63) is 36.8 Å². The Morgan fingerprint density at radius 2 is 1.83 bits per heavy atom. The van der Waals surface area contributed by atoms with Crippen molar-refractivity contribution in [3.63, 3.8) is 0 Å². The molecule has 0 fully saturated rings. The van der Waals surface area contributed by atoms with E-state index in [0.29, 0.717) is 36.2 Å². The highest BCUT2D eigenvalue weighted by atomic mass is 15.1. The van der Waals surface area contributed by atoms with Crippen molar-refractivity contribution in [1.82, 2.24) is 10.6 Å². The summed E-state index contributed by atoms with van der Waals surface area (Å²) in [5.74, 6) is 1.78. The van der Waals surface area contributed by atoms with Crippen LogP contribution in [-0.4, -0.2) is 36.2 Å². The van der Waals surface area contributed by atoms with E-state index in [-0.39, 0.29) is 18.1 Å². The second-order valence-electron chi connectivity index (χ2n) is 6.82. The van der Waals surface area contributed by atoms with E-state index < -0.39 is 0 Å². The fraction of sp³-hybridized carbons (Fsp3) is 0.556. The summed E-state index contributed by atoms with van der Waals surface area (Å²) in [6.45, 7) is 20.6. The predicted octanol–water partition coefficient (Wildman–Crippen LogP) is 1.67. The Kier molecular flexibility index (Phi) is 7.22. The fourth-order valence-electron chi connectivity index (χ4n) is 2.63. The topological polar surface area (TPSA) is 101 Å². The van der Waals surface area contributed by atoms with Crippen molar-refractivity contribution < 1.29 is 0 Å². The molecule has 0 aliphatic carbocycles. The Bertz CT molecular complexity index is 556. The van der Waals surface area contributed by atoms with E-state index in [0.717, 1.165) is 11.3 Å². The van der Waals surface area contributed by atoms with E-state index in [2.05, 4.69) is 54.2 Å². The van der Waals surface area contributed by atoms with Crippen LogP contribution in [0.25, 0.3) is 0 Å². The molecule has 0 spiro atoms. The lowest BCUT2D eigenvalue weighted by atomic mass is 9.98. The first-order valence-electron chi connectivity index (χ1n) is 8.29. The quantitative estimate of drug-likeness (QED) is 0.457. The maximum atomic E-state index is 5.85. The van der Waals surface area contributed by atoms with Gasteiger partial charge in [0.1, 0.15) is 5.84 Å². The molecule has 24 heavy (non-hydrogen) atoms. The second-order valence-corrected chi connectivity index (χ2v) is 6.82. The SMILES string of the molecule is C=C(N)CC(NC(=C)NC(C(=C)C)C(C)C)C1=NC(C(C)N)=NC1. The zero-order chi connectivity index (χ0) is 18.4. The van der Waals surface area contributed by atoms with Crippen molar-refractivity contribution in [3.8, 4) is 0 Å². The van der Waals surface area contributed by atoms with Gasteiger partial charge in [0.15, 0.2) is 0 Å². The first kappa shape index (κ1) is 20.0. The number of rotatable bonds is 10. The number of hydrogen-bond donors (Lipinski definition) is 4. The van der Waals surface area contributed by atoms with Gasteiger partial charge in [0.05, 0.1) is 36.2 Å². The van der Waals surface area contributed by atoms with E-state index in [4.69, 9.17) is 11.5 Å². The van der Waals surface area contributed by atoms with E-state index >= 15 is 0 Å². The summed E-state index contributed by atoms with van der Waals surface area (Å²) in [4.78, 5) is 8.92. The molecule has 6 heteroatoms. The number of hydrogen-bond acceptors (Lipinski definition) is 6. The van der Waals surface area contributed by atoms with Crippen molar-refractivity contribution in [2.45, 2.75) is 52.2 Å². The lowest BCUT2D eigenvalue weighted by molar-refractivity contribution is 0.461. The average Bonchev–Trinajstić information content (AvgIpc) is 2.92. The molecular weight excluding hydrogens is 300 g/mol. The van der Waals surface area contributed by atoms with E-state index in [9.17, 15) is 0 Å². The largest absolute Gasteiger partial charge is 0.402 e. The van der Waals surface area contributed by atoms with Gasteiger partial charge in [-0.15, -0.1) is 0 Å². The Labute approximate surface area is 145 Å². The van der Waals surface area contributed by atoms with Gasteiger partial charge in [-0.25, -0.2) is 4.99 Å². The summed E-state index contributed by atoms with van der Waals surface area (Å²) < 4.78 is 0. The molecule has 1 aliphatic heterocycles. The number of nitrogens with two attached hydrogens (primary N) is 2. The highest BCUT2D eigenvalue weighted by Crippen LogP contribution is 2.13. The summed E-state index contributed by atoms with van der Waals surface area (Å²) >= 11 is 0. The standard InChI is InChI=1S/C18H32N6/c1-10(2)17(11(3)4)23-14(7)22-15(8-12(5)19)16-9-21-18(24-16)13(6)20/h11,13,15,17,22-23H,1,5,7-9,19-20H2,2-4,6H3. The molecule has 0 saturated carbocycles. The Morgan fingerprint density at radius 1 is 1.21 bits per heavy atom. The van der Waals surface area contributed by atoms with E-state index in [1.165, 1.54) is 0 Å². The maximum absolute atomic E-state index is 5.85. The number of amidine groups is 1. The van der Waals surface area contributed by atoms with Crippen molar-refractivity contribution in [2.24, 2.45) is 27.4 Å². The average molecular weight is 332 g/mol. The van der Waals surface area contributed by atoms with Crippen LogP contribution >= 0.6 is 0 Å².